The molecule has 1 aromatic heterocycles. The quantitative estimate of drug-likeness (QED) is 0.438. The molecule has 0 amide bonds. The summed E-state index contributed by atoms with van der Waals surface area (Å²) in [7, 11) is 1.45. The minimum Gasteiger partial charge on any atom is -0.492 e. The predicted octanol–water partition coefficient (Wildman–Crippen LogP) is 2.88. The molecule has 6 nitrogen and oxygen atoms in total. The summed E-state index contributed by atoms with van der Waals surface area (Å²) in [5.41, 5.74) is 0.265. The van der Waals surface area contributed by atoms with Crippen LogP contribution in [0, 0.1) is 6.92 Å². The Morgan fingerprint density at radius 2 is 1.93 bits per heavy atom. The second-order valence-corrected chi connectivity index (χ2v) is 5.96. The fraction of sp³-hybridized carbons (Fsp3) is 0.444. The third kappa shape index (κ3) is 6.50. The number of nitrogens with one attached hydrogen (secondary N) is 2. The molecule has 2 rings (SSSR count). The molecule has 0 aliphatic heterocycles. The van der Waals surface area contributed by atoms with Crippen molar-refractivity contribution in [2.24, 2.45) is 12.0 Å². The fourth-order valence-electron chi connectivity index (χ4n) is 2.37. The monoisotopic (exact) mass is 383 g/mol. The first-order valence-electron chi connectivity index (χ1n) is 8.61. The standard InChI is InChI=1S/C18H24F3N5O/c1-4-22-17(23-9-10-27-15-7-5-13(2)6-8-15)24-11-14-12-26(3)25-16(14)18(19,20)21/h5-8,12H,4,9-11H2,1-3H3,(H2,22,23,24). The van der Waals surface area contributed by atoms with E-state index in [9.17, 15) is 13.2 Å². The summed E-state index contributed by atoms with van der Waals surface area (Å²) < 4.78 is 45.7. The Bertz CT molecular complexity index is 753. The smallest absolute Gasteiger partial charge is 0.435 e. The molecule has 0 saturated carbocycles. The normalized spacial score (nSPS) is 12.1. The van der Waals surface area contributed by atoms with Gasteiger partial charge in [0.2, 0.25) is 0 Å². The lowest BCUT2D eigenvalue weighted by atomic mass is 10.2. The van der Waals surface area contributed by atoms with Gasteiger partial charge in [0, 0.05) is 25.4 Å². The number of aromatic nitrogens is 2. The van der Waals surface area contributed by atoms with E-state index in [1.54, 1.807) is 0 Å². The number of guanidine groups is 1. The van der Waals surface area contributed by atoms with Crippen LogP contribution in [0.4, 0.5) is 13.2 Å². The van der Waals surface area contributed by atoms with Gasteiger partial charge in [-0.25, -0.2) is 4.99 Å². The second kappa shape index (κ2) is 9.29. The maximum Gasteiger partial charge on any atom is 0.435 e. The van der Waals surface area contributed by atoms with Gasteiger partial charge >= 0.3 is 6.18 Å². The SMILES string of the molecule is CCNC(=NCc1cn(C)nc1C(F)(F)F)NCCOc1ccc(C)cc1. The van der Waals surface area contributed by atoms with Gasteiger partial charge in [-0.2, -0.15) is 18.3 Å². The van der Waals surface area contributed by atoms with E-state index in [0.29, 0.717) is 25.7 Å². The second-order valence-electron chi connectivity index (χ2n) is 5.96. The average molecular weight is 383 g/mol. The zero-order chi connectivity index (χ0) is 19.9. The van der Waals surface area contributed by atoms with Crippen LogP contribution in [-0.2, 0) is 19.8 Å². The highest BCUT2D eigenvalue weighted by Crippen LogP contribution is 2.30. The molecule has 0 spiro atoms. The van der Waals surface area contributed by atoms with Gasteiger partial charge in [0.15, 0.2) is 11.7 Å². The van der Waals surface area contributed by atoms with Crippen molar-refractivity contribution in [1.82, 2.24) is 20.4 Å². The van der Waals surface area contributed by atoms with Crippen LogP contribution in [0.15, 0.2) is 35.5 Å². The number of aryl methyl sites for hydroxylation is 2. The zero-order valence-corrected chi connectivity index (χ0v) is 15.6. The number of ether oxygens (including phenoxy) is 1. The summed E-state index contributed by atoms with van der Waals surface area (Å²) in [5.74, 6) is 1.18. The third-order valence-electron chi connectivity index (χ3n) is 3.61. The Morgan fingerprint density at radius 1 is 1.22 bits per heavy atom. The molecule has 0 bridgehead atoms. The van der Waals surface area contributed by atoms with Crippen LogP contribution in [0.25, 0.3) is 0 Å². The van der Waals surface area contributed by atoms with E-state index in [0.717, 1.165) is 16.0 Å². The summed E-state index contributed by atoms with van der Waals surface area (Å²) in [6.07, 6.45) is -3.17. The Labute approximate surface area is 156 Å². The Balaban J connectivity index is 1.91. The van der Waals surface area contributed by atoms with Crippen molar-refractivity contribution >= 4 is 5.96 Å². The number of hydrogen-bond donors (Lipinski definition) is 2. The number of alkyl halides is 3. The van der Waals surface area contributed by atoms with Crippen molar-refractivity contribution < 1.29 is 17.9 Å². The Kier molecular flexibility index (Phi) is 7.09. The van der Waals surface area contributed by atoms with Gasteiger partial charge in [-0.05, 0) is 26.0 Å². The van der Waals surface area contributed by atoms with E-state index >= 15 is 0 Å². The number of hydrogen-bond acceptors (Lipinski definition) is 3. The van der Waals surface area contributed by atoms with E-state index < -0.39 is 11.9 Å². The largest absolute Gasteiger partial charge is 0.492 e. The number of rotatable bonds is 7. The molecule has 0 atom stereocenters. The minimum absolute atomic E-state index is 0.0260. The van der Waals surface area contributed by atoms with Gasteiger partial charge < -0.3 is 15.4 Å². The molecule has 9 heteroatoms. The van der Waals surface area contributed by atoms with Crippen molar-refractivity contribution in [2.75, 3.05) is 19.7 Å². The Hall–Kier alpha value is -2.71. The first kappa shape index (κ1) is 20.6. The molecule has 0 aliphatic carbocycles. The van der Waals surface area contributed by atoms with Gasteiger partial charge in [-0.3, -0.25) is 4.68 Å². The van der Waals surface area contributed by atoms with Crippen molar-refractivity contribution in [1.29, 1.82) is 0 Å². The molecular formula is C18H24F3N5O. The van der Waals surface area contributed by atoms with Crippen molar-refractivity contribution in [3.8, 4) is 5.75 Å². The number of nitrogens with zero attached hydrogens (tertiary/aromatic N) is 3. The van der Waals surface area contributed by atoms with Gasteiger partial charge in [0.05, 0.1) is 13.1 Å². The molecule has 0 aliphatic rings. The van der Waals surface area contributed by atoms with Crippen LogP contribution < -0.4 is 15.4 Å². The summed E-state index contributed by atoms with van der Waals surface area (Å²) in [6, 6.07) is 7.69. The van der Waals surface area contributed by atoms with Crippen LogP contribution in [0.5, 0.6) is 5.75 Å². The van der Waals surface area contributed by atoms with Crippen molar-refractivity contribution in [3.05, 3.63) is 47.3 Å². The summed E-state index contributed by atoms with van der Waals surface area (Å²) >= 11 is 0. The van der Waals surface area contributed by atoms with Crippen LogP contribution in [0.1, 0.15) is 23.7 Å². The molecule has 0 radical (unpaired) electrons. The number of aliphatic imine (C=N–C) groups is 1. The van der Waals surface area contributed by atoms with Gasteiger partial charge in [0.1, 0.15) is 12.4 Å². The maximum absolute atomic E-state index is 13.0. The van der Waals surface area contributed by atoms with E-state index in [-0.39, 0.29) is 12.1 Å². The first-order chi connectivity index (χ1) is 12.8. The Morgan fingerprint density at radius 3 is 2.56 bits per heavy atom. The molecule has 1 heterocycles. The highest BCUT2D eigenvalue weighted by atomic mass is 19.4. The topological polar surface area (TPSA) is 63.5 Å². The number of halogens is 3. The van der Waals surface area contributed by atoms with Crippen LogP contribution >= 0.6 is 0 Å². The predicted molar refractivity (Wildman–Crippen MR) is 97.7 cm³/mol. The van der Waals surface area contributed by atoms with E-state index in [1.165, 1.54) is 13.2 Å². The highest BCUT2D eigenvalue weighted by molar-refractivity contribution is 5.79. The summed E-state index contributed by atoms with van der Waals surface area (Å²) in [6.45, 7) is 5.19. The third-order valence-corrected chi connectivity index (χ3v) is 3.61. The molecule has 0 fully saturated rings. The lowest BCUT2D eigenvalue weighted by Gasteiger charge is -2.12. The van der Waals surface area contributed by atoms with E-state index in [2.05, 4.69) is 20.7 Å². The van der Waals surface area contributed by atoms with Crippen LogP contribution in [-0.4, -0.2) is 35.4 Å². The molecule has 1 aromatic carbocycles. The van der Waals surface area contributed by atoms with Gasteiger partial charge in [-0.1, -0.05) is 17.7 Å². The van der Waals surface area contributed by atoms with Gasteiger partial charge in [-0.15, -0.1) is 0 Å². The van der Waals surface area contributed by atoms with E-state index in [4.69, 9.17) is 4.74 Å². The average Bonchev–Trinajstić information content (AvgIpc) is 2.99. The lowest BCUT2D eigenvalue weighted by molar-refractivity contribution is -0.142. The number of benzene rings is 1. The minimum atomic E-state index is -4.50. The molecule has 2 aromatic rings. The maximum atomic E-state index is 13.0. The summed E-state index contributed by atoms with van der Waals surface area (Å²) in [4.78, 5) is 4.21. The fourth-order valence-corrected chi connectivity index (χ4v) is 2.37. The lowest BCUT2D eigenvalue weighted by Crippen LogP contribution is -2.39. The van der Waals surface area contributed by atoms with Gasteiger partial charge in [0.25, 0.3) is 0 Å². The first-order valence-corrected chi connectivity index (χ1v) is 8.61. The summed E-state index contributed by atoms with van der Waals surface area (Å²) in [5, 5.41) is 9.52. The molecule has 27 heavy (non-hydrogen) atoms. The molecular weight excluding hydrogens is 359 g/mol. The zero-order valence-electron chi connectivity index (χ0n) is 15.6. The highest BCUT2D eigenvalue weighted by Gasteiger charge is 2.36. The van der Waals surface area contributed by atoms with Crippen molar-refractivity contribution in [2.45, 2.75) is 26.6 Å². The van der Waals surface area contributed by atoms with Crippen molar-refractivity contribution in [3.63, 3.8) is 0 Å². The van der Waals surface area contributed by atoms with Crippen LogP contribution in [0.2, 0.25) is 0 Å². The molecule has 0 unspecified atom stereocenters. The molecule has 148 valence electrons. The van der Waals surface area contributed by atoms with E-state index in [1.807, 2.05) is 38.1 Å². The molecule has 2 N–H and O–H groups in total. The van der Waals surface area contributed by atoms with Crippen LogP contribution in [0.3, 0.4) is 0 Å². The molecule has 0 saturated heterocycles.